The van der Waals surface area contributed by atoms with Crippen LogP contribution in [-0.2, 0) is 25.2 Å². The fourth-order valence-corrected chi connectivity index (χ4v) is 4.13. The molecule has 0 saturated carbocycles. The van der Waals surface area contributed by atoms with Crippen molar-refractivity contribution in [3.63, 3.8) is 0 Å². The summed E-state index contributed by atoms with van der Waals surface area (Å²) in [6.07, 6.45) is 1.65. The van der Waals surface area contributed by atoms with Gasteiger partial charge in [-0.3, -0.25) is 14.5 Å². The second kappa shape index (κ2) is 8.46. The molecule has 0 radical (unpaired) electrons. The van der Waals surface area contributed by atoms with Crippen molar-refractivity contribution in [2.75, 3.05) is 6.61 Å². The number of hydrogen-bond donors (Lipinski definition) is 1. The number of thioether (sulfide) groups is 1. The molecule has 0 bridgehead atoms. The summed E-state index contributed by atoms with van der Waals surface area (Å²) in [7, 11) is 0. The van der Waals surface area contributed by atoms with Crippen molar-refractivity contribution in [2.24, 2.45) is 0 Å². The third-order valence-electron chi connectivity index (χ3n) is 4.88. The summed E-state index contributed by atoms with van der Waals surface area (Å²) in [5.41, 5.74) is 1.62. The molecule has 1 saturated heterocycles. The lowest BCUT2D eigenvalue weighted by Gasteiger charge is -2.28. The van der Waals surface area contributed by atoms with E-state index in [1.54, 1.807) is 13.0 Å². The van der Waals surface area contributed by atoms with Gasteiger partial charge in [-0.1, -0.05) is 41.5 Å². The van der Waals surface area contributed by atoms with Crippen LogP contribution in [0.4, 0.5) is 4.79 Å². The van der Waals surface area contributed by atoms with Crippen molar-refractivity contribution < 1.29 is 24.2 Å². The highest BCUT2D eigenvalue weighted by molar-refractivity contribution is 8.18. The predicted molar refractivity (Wildman–Crippen MR) is 119 cm³/mol. The van der Waals surface area contributed by atoms with Crippen molar-refractivity contribution in [2.45, 2.75) is 72.3 Å². The molecule has 1 heterocycles. The molecule has 7 heteroatoms. The van der Waals surface area contributed by atoms with Gasteiger partial charge in [0.25, 0.3) is 11.1 Å². The Balaban J connectivity index is 2.52. The van der Waals surface area contributed by atoms with Gasteiger partial charge in [-0.25, -0.2) is 4.79 Å². The van der Waals surface area contributed by atoms with Crippen LogP contribution in [0.5, 0.6) is 5.75 Å². The van der Waals surface area contributed by atoms with Crippen LogP contribution in [0.15, 0.2) is 17.0 Å². The number of benzene rings is 1. The maximum atomic E-state index is 12.9. The number of rotatable bonds is 4. The fourth-order valence-electron chi connectivity index (χ4n) is 3.22. The molecule has 1 aromatic carbocycles. The zero-order valence-corrected chi connectivity index (χ0v) is 19.8. The van der Waals surface area contributed by atoms with Crippen LogP contribution >= 0.6 is 11.8 Å². The molecule has 1 fully saturated rings. The number of esters is 1. The van der Waals surface area contributed by atoms with Gasteiger partial charge in [0, 0.05) is 11.1 Å². The average molecular weight is 434 g/mol. The SMILES string of the molecule is CCOC(=O)C(C)N1C(=O)S/C(=C\c2cc(C(C)(C)C)c(O)c(C(C)(C)C)c2)C1=O. The number of amides is 2. The monoisotopic (exact) mass is 433 g/mol. The molecule has 0 aromatic heterocycles. The molecule has 1 N–H and O–H groups in total. The molecule has 2 amide bonds. The number of carbonyl (C=O) groups is 3. The maximum Gasteiger partial charge on any atom is 0.329 e. The number of phenols is 1. The molecule has 1 aromatic rings. The summed E-state index contributed by atoms with van der Waals surface area (Å²) in [6, 6.07) is 2.69. The van der Waals surface area contributed by atoms with Gasteiger partial charge in [-0.2, -0.15) is 0 Å². The van der Waals surface area contributed by atoms with Crippen LogP contribution in [0.3, 0.4) is 0 Å². The fraction of sp³-hybridized carbons (Fsp3) is 0.522. The van der Waals surface area contributed by atoms with E-state index in [0.29, 0.717) is 0 Å². The third-order valence-corrected chi connectivity index (χ3v) is 5.77. The highest BCUT2D eigenvalue weighted by atomic mass is 32.2. The topological polar surface area (TPSA) is 83.9 Å². The standard InChI is InChI=1S/C23H31NO5S/c1-9-29-20(27)13(2)24-19(26)17(30-21(24)28)12-14-10-15(22(3,4)5)18(25)16(11-14)23(6,7)8/h10-13,25H,9H2,1-8H3/b17-12-. The average Bonchev–Trinajstić information content (AvgIpc) is 2.87. The van der Waals surface area contributed by atoms with Crippen LogP contribution in [0, 0.1) is 0 Å². The second-order valence-electron chi connectivity index (χ2n) is 9.44. The Morgan fingerprint density at radius 3 is 2.07 bits per heavy atom. The maximum absolute atomic E-state index is 12.9. The number of phenolic OH excluding ortho intramolecular Hbond substituents is 1. The summed E-state index contributed by atoms with van der Waals surface area (Å²) in [6.45, 7) is 15.4. The number of imide groups is 1. The Bertz CT molecular complexity index is 870. The van der Waals surface area contributed by atoms with E-state index in [-0.39, 0.29) is 28.1 Å². The minimum Gasteiger partial charge on any atom is -0.507 e. The molecule has 1 aliphatic heterocycles. The Labute approximate surface area is 182 Å². The molecule has 0 aliphatic carbocycles. The van der Waals surface area contributed by atoms with E-state index in [0.717, 1.165) is 33.4 Å². The van der Waals surface area contributed by atoms with Gasteiger partial charge in [0.2, 0.25) is 0 Å². The first-order chi connectivity index (χ1) is 13.7. The van der Waals surface area contributed by atoms with E-state index in [1.165, 1.54) is 6.92 Å². The number of nitrogens with zero attached hydrogens (tertiary/aromatic N) is 1. The van der Waals surface area contributed by atoms with Crippen LogP contribution in [0.25, 0.3) is 6.08 Å². The lowest BCUT2D eigenvalue weighted by Crippen LogP contribution is -2.42. The van der Waals surface area contributed by atoms with E-state index in [9.17, 15) is 19.5 Å². The highest BCUT2D eigenvalue weighted by Crippen LogP contribution is 2.41. The molecule has 164 valence electrons. The second-order valence-corrected chi connectivity index (χ2v) is 10.4. The zero-order chi connectivity index (χ0) is 23.0. The summed E-state index contributed by atoms with van der Waals surface area (Å²) < 4.78 is 4.94. The number of carbonyl (C=O) groups excluding carboxylic acids is 3. The molecule has 1 aliphatic rings. The van der Waals surface area contributed by atoms with Crippen LogP contribution in [0.2, 0.25) is 0 Å². The number of hydrogen-bond acceptors (Lipinski definition) is 6. The van der Waals surface area contributed by atoms with Crippen molar-refractivity contribution in [1.82, 2.24) is 4.90 Å². The molecule has 1 unspecified atom stereocenters. The number of ether oxygens (including phenoxy) is 1. The smallest absolute Gasteiger partial charge is 0.329 e. The Morgan fingerprint density at radius 2 is 1.63 bits per heavy atom. The van der Waals surface area contributed by atoms with Crippen molar-refractivity contribution in [1.29, 1.82) is 0 Å². The first-order valence-corrected chi connectivity index (χ1v) is 10.8. The molecular weight excluding hydrogens is 402 g/mol. The van der Waals surface area contributed by atoms with Crippen LogP contribution < -0.4 is 0 Å². The van der Waals surface area contributed by atoms with Gasteiger partial charge in [0.1, 0.15) is 11.8 Å². The molecule has 2 rings (SSSR count). The molecule has 30 heavy (non-hydrogen) atoms. The minimum atomic E-state index is -0.988. The van der Waals surface area contributed by atoms with E-state index in [4.69, 9.17) is 4.74 Å². The van der Waals surface area contributed by atoms with Gasteiger partial charge in [0.15, 0.2) is 0 Å². The van der Waals surface area contributed by atoms with Crippen molar-refractivity contribution in [3.05, 3.63) is 33.7 Å². The van der Waals surface area contributed by atoms with E-state index < -0.39 is 23.2 Å². The summed E-state index contributed by atoms with van der Waals surface area (Å²) in [5.74, 6) is -0.889. The predicted octanol–water partition coefficient (Wildman–Crippen LogP) is 4.98. The van der Waals surface area contributed by atoms with Gasteiger partial charge in [-0.15, -0.1) is 0 Å². The van der Waals surface area contributed by atoms with Gasteiger partial charge in [-0.05, 0) is 60.2 Å². The Hall–Kier alpha value is -2.28. The van der Waals surface area contributed by atoms with Crippen LogP contribution in [0.1, 0.15) is 72.1 Å². The van der Waals surface area contributed by atoms with Crippen molar-refractivity contribution in [3.8, 4) is 5.75 Å². The molecular formula is C23H31NO5S. The van der Waals surface area contributed by atoms with Gasteiger partial charge >= 0.3 is 5.97 Å². The van der Waals surface area contributed by atoms with E-state index >= 15 is 0 Å². The van der Waals surface area contributed by atoms with Crippen molar-refractivity contribution >= 4 is 35.0 Å². The Kier molecular flexibility index (Phi) is 6.76. The van der Waals surface area contributed by atoms with Gasteiger partial charge in [0.05, 0.1) is 11.5 Å². The third kappa shape index (κ3) is 4.89. The zero-order valence-electron chi connectivity index (χ0n) is 19.0. The Morgan fingerprint density at radius 1 is 1.13 bits per heavy atom. The lowest BCUT2D eigenvalue weighted by molar-refractivity contribution is -0.150. The first-order valence-electron chi connectivity index (χ1n) is 10.00. The largest absolute Gasteiger partial charge is 0.507 e. The molecule has 1 atom stereocenters. The van der Waals surface area contributed by atoms with E-state index in [2.05, 4.69) is 0 Å². The highest BCUT2D eigenvalue weighted by Gasteiger charge is 2.41. The minimum absolute atomic E-state index is 0.175. The first kappa shape index (κ1) is 24.0. The normalized spacial score (nSPS) is 17.6. The summed E-state index contributed by atoms with van der Waals surface area (Å²) in [5, 5.41) is 10.4. The number of aromatic hydroxyl groups is 1. The lowest BCUT2D eigenvalue weighted by atomic mass is 9.78. The van der Waals surface area contributed by atoms with Crippen LogP contribution in [-0.4, -0.2) is 39.8 Å². The van der Waals surface area contributed by atoms with E-state index in [1.807, 2.05) is 53.7 Å². The summed E-state index contributed by atoms with van der Waals surface area (Å²) >= 11 is 0.800. The van der Waals surface area contributed by atoms with Gasteiger partial charge < -0.3 is 9.84 Å². The molecule has 6 nitrogen and oxygen atoms in total. The summed E-state index contributed by atoms with van der Waals surface area (Å²) in [4.78, 5) is 38.5. The quantitative estimate of drug-likeness (QED) is 0.533. The molecule has 0 spiro atoms.